The van der Waals surface area contributed by atoms with Crippen LogP contribution in [0.5, 0.6) is 0 Å². The summed E-state index contributed by atoms with van der Waals surface area (Å²) in [5, 5.41) is 0. The van der Waals surface area contributed by atoms with Gasteiger partial charge >= 0.3 is 0 Å². The highest BCUT2D eigenvalue weighted by Crippen LogP contribution is 2.40. The van der Waals surface area contributed by atoms with Gasteiger partial charge in [0.25, 0.3) is 0 Å². The number of nitrogens with zero attached hydrogens (tertiary/aromatic N) is 1. The molecule has 0 amide bonds. The monoisotopic (exact) mass is 239 g/mol. The van der Waals surface area contributed by atoms with Crippen molar-refractivity contribution in [3.05, 3.63) is 46.6 Å². The van der Waals surface area contributed by atoms with E-state index in [0.29, 0.717) is 16.7 Å². The summed E-state index contributed by atoms with van der Waals surface area (Å²) in [5.74, 6) is -0.0833. The fraction of sp³-hybridized carbons (Fsp3) is 0.200. The van der Waals surface area contributed by atoms with E-state index >= 15 is 0 Å². The Labute approximate surface area is 105 Å². The second kappa shape index (κ2) is 3.42. The van der Waals surface area contributed by atoms with Crippen molar-refractivity contribution in [2.75, 3.05) is 0 Å². The van der Waals surface area contributed by atoms with E-state index < -0.39 is 0 Å². The van der Waals surface area contributed by atoms with Crippen LogP contribution in [0.25, 0.3) is 11.3 Å². The molecule has 1 aromatic heterocycles. The minimum Gasteiger partial charge on any atom is -0.347 e. The Hall–Kier alpha value is -2.16. The molecule has 1 aliphatic rings. The number of carbonyl (C=O) groups is 2. The van der Waals surface area contributed by atoms with Gasteiger partial charge in [0.05, 0.1) is 11.3 Å². The van der Waals surface area contributed by atoms with Crippen molar-refractivity contribution in [2.24, 2.45) is 7.05 Å². The lowest BCUT2D eigenvalue weighted by molar-refractivity contribution is 0.0992. The fourth-order valence-corrected chi connectivity index (χ4v) is 2.79. The summed E-state index contributed by atoms with van der Waals surface area (Å²) in [7, 11) is 1.90. The number of ketones is 2. The Kier molecular flexibility index (Phi) is 2.08. The quantitative estimate of drug-likeness (QED) is 0.612. The van der Waals surface area contributed by atoms with E-state index in [1.54, 1.807) is 0 Å². The molecular formula is C15H13NO2. The number of hydrogen-bond acceptors (Lipinski definition) is 2. The minimum atomic E-state index is -0.0505. The summed E-state index contributed by atoms with van der Waals surface area (Å²) in [4.78, 5) is 24.2. The van der Waals surface area contributed by atoms with Gasteiger partial charge in [0.1, 0.15) is 0 Å². The molecule has 2 aromatic rings. The van der Waals surface area contributed by atoms with Crippen LogP contribution < -0.4 is 0 Å². The summed E-state index contributed by atoms with van der Waals surface area (Å²) in [6.07, 6.45) is 0. The lowest BCUT2D eigenvalue weighted by atomic mass is 10.0. The van der Waals surface area contributed by atoms with Crippen molar-refractivity contribution in [2.45, 2.75) is 13.8 Å². The van der Waals surface area contributed by atoms with Gasteiger partial charge in [-0.2, -0.15) is 0 Å². The predicted octanol–water partition coefficient (Wildman–Crippen LogP) is 2.75. The van der Waals surface area contributed by atoms with Crippen LogP contribution in [-0.2, 0) is 7.05 Å². The third-order valence-electron chi connectivity index (χ3n) is 3.69. The first-order valence-electron chi connectivity index (χ1n) is 5.88. The summed E-state index contributed by atoms with van der Waals surface area (Å²) in [5.41, 5.74) is 4.49. The molecule has 0 saturated carbocycles. The average molecular weight is 239 g/mol. The van der Waals surface area contributed by atoms with Gasteiger partial charge < -0.3 is 4.57 Å². The van der Waals surface area contributed by atoms with Crippen LogP contribution in [0.3, 0.4) is 0 Å². The van der Waals surface area contributed by atoms with Crippen LogP contribution >= 0.6 is 0 Å². The number of hydrogen-bond donors (Lipinski definition) is 0. The van der Waals surface area contributed by atoms with E-state index in [-0.39, 0.29) is 11.6 Å². The van der Waals surface area contributed by atoms with Crippen LogP contribution in [-0.4, -0.2) is 16.1 Å². The van der Waals surface area contributed by atoms with Crippen molar-refractivity contribution >= 4 is 11.6 Å². The van der Waals surface area contributed by atoms with Crippen LogP contribution in [0.4, 0.5) is 0 Å². The first kappa shape index (κ1) is 11.0. The van der Waals surface area contributed by atoms with Gasteiger partial charge in [0.2, 0.25) is 0 Å². The third-order valence-corrected chi connectivity index (χ3v) is 3.69. The second-order valence-electron chi connectivity index (χ2n) is 4.67. The number of Topliss-reactive ketones (excluding diaryl/α,β-unsaturated/α-hetero) is 1. The van der Waals surface area contributed by atoms with Crippen molar-refractivity contribution in [3.63, 3.8) is 0 Å². The van der Waals surface area contributed by atoms with Gasteiger partial charge in [0, 0.05) is 29.4 Å². The van der Waals surface area contributed by atoms with Gasteiger partial charge in [-0.25, -0.2) is 0 Å². The summed E-state index contributed by atoms with van der Waals surface area (Å²) < 4.78 is 1.94. The Morgan fingerprint density at radius 1 is 1.17 bits per heavy atom. The van der Waals surface area contributed by atoms with Gasteiger partial charge in [-0.1, -0.05) is 24.3 Å². The van der Waals surface area contributed by atoms with E-state index in [9.17, 15) is 9.59 Å². The molecule has 3 heteroatoms. The fourth-order valence-electron chi connectivity index (χ4n) is 2.79. The normalized spacial score (nSPS) is 12.5. The standard InChI is InChI=1S/C15H13NO2/c1-8-12(9(2)17)13-14(16(8)3)10-6-4-5-7-11(10)15(13)18/h4-7H,1-3H3. The number of rotatable bonds is 1. The first-order chi connectivity index (χ1) is 8.54. The lowest BCUT2D eigenvalue weighted by Crippen LogP contribution is -2.04. The van der Waals surface area contributed by atoms with E-state index in [4.69, 9.17) is 0 Å². The van der Waals surface area contributed by atoms with Crippen LogP contribution in [0, 0.1) is 6.92 Å². The molecule has 1 heterocycles. The molecule has 0 aliphatic heterocycles. The zero-order chi connectivity index (χ0) is 13.0. The Bertz CT molecular complexity index is 708. The molecule has 0 atom stereocenters. The second-order valence-corrected chi connectivity index (χ2v) is 4.67. The maximum absolute atomic E-state index is 12.4. The molecule has 0 fully saturated rings. The molecule has 0 spiro atoms. The highest BCUT2D eigenvalue weighted by atomic mass is 16.1. The lowest BCUT2D eigenvalue weighted by Gasteiger charge is -2.05. The number of benzene rings is 1. The number of carbonyl (C=O) groups excluding carboxylic acids is 2. The summed E-state index contributed by atoms with van der Waals surface area (Å²) in [6.45, 7) is 3.39. The van der Waals surface area contributed by atoms with Crippen LogP contribution in [0.2, 0.25) is 0 Å². The van der Waals surface area contributed by atoms with E-state index in [1.165, 1.54) is 6.92 Å². The van der Waals surface area contributed by atoms with Crippen molar-refractivity contribution in [3.8, 4) is 11.3 Å². The molecule has 0 N–H and O–H groups in total. The molecule has 90 valence electrons. The highest BCUT2D eigenvalue weighted by Gasteiger charge is 2.35. The Morgan fingerprint density at radius 3 is 2.39 bits per heavy atom. The predicted molar refractivity (Wildman–Crippen MR) is 69.0 cm³/mol. The van der Waals surface area contributed by atoms with Gasteiger partial charge in [0.15, 0.2) is 11.6 Å². The minimum absolute atomic E-state index is 0.0329. The smallest absolute Gasteiger partial charge is 0.196 e. The molecular weight excluding hydrogens is 226 g/mol. The topological polar surface area (TPSA) is 39.1 Å². The third kappa shape index (κ3) is 1.13. The molecule has 0 saturated heterocycles. The SMILES string of the molecule is CC(=O)c1c2c(n(C)c1C)-c1ccccc1C2=O. The molecule has 0 unspecified atom stereocenters. The molecule has 0 bridgehead atoms. The molecule has 1 aromatic carbocycles. The molecule has 18 heavy (non-hydrogen) atoms. The van der Waals surface area contributed by atoms with Gasteiger partial charge in [-0.05, 0) is 13.8 Å². The Morgan fingerprint density at radius 2 is 1.78 bits per heavy atom. The number of aromatic nitrogens is 1. The van der Waals surface area contributed by atoms with Crippen molar-refractivity contribution in [1.82, 2.24) is 4.57 Å². The molecule has 1 aliphatic carbocycles. The summed E-state index contributed by atoms with van der Waals surface area (Å²) in [6, 6.07) is 7.51. The molecule has 0 radical (unpaired) electrons. The molecule has 3 rings (SSSR count). The maximum Gasteiger partial charge on any atom is 0.196 e. The largest absolute Gasteiger partial charge is 0.347 e. The Balaban J connectivity index is 2.45. The van der Waals surface area contributed by atoms with E-state index in [2.05, 4.69) is 0 Å². The van der Waals surface area contributed by atoms with Crippen LogP contribution in [0.15, 0.2) is 24.3 Å². The first-order valence-corrected chi connectivity index (χ1v) is 5.88. The number of fused-ring (bicyclic) bond motifs is 3. The zero-order valence-corrected chi connectivity index (χ0v) is 10.6. The van der Waals surface area contributed by atoms with Crippen molar-refractivity contribution in [1.29, 1.82) is 0 Å². The van der Waals surface area contributed by atoms with E-state index in [1.807, 2.05) is 42.8 Å². The maximum atomic E-state index is 12.4. The average Bonchev–Trinajstić information content (AvgIpc) is 2.77. The van der Waals surface area contributed by atoms with Crippen molar-refractivity contribution < 1.29 is 9.59 Å². The van der Waals surface area contributed by atoms with Crippen LogP contribution in [0.1, 0.15) is 38.9 Å². The summed E-state index contributed by atoms with van der Waals surface area (Å²) >= 11 is 0. The zero-order valence-electron chi connectivity index (χ0n) is 10.6. The van der Waals surface area contributed by atoms with Gasteiger partial charge in [-0.3, -0.25) is 9.59 Å². The van der Waals surface area contributed by atoms with Gasteiger partial charge in [-0.15, -0.1) is 0 Å². The molecule has 3 nitrogen and oxygen atoms in total. The highest BCUT2D eigenvalue weighted by molar-refractivity contribution is 6.25. The van der Waals surface area contributed by atoms with E-state index in [0.717, 1.165) is 17.0 Å².